The zero-order chi connectivity index (χ0) is 23.7. The van der Waals surface area contributed by atoms with Gasteiger partial charge in [-0.3, -0.25) is 19.5 Å². The predicted octanol–water partition coefficient (Wildman–Crippen LogP) is 4.88. The number of pyridine rings is 1. The van der Waals surface area contributed by atoms with Crippen LogP contribution in [0.2, 0.25) is 0 Å². The first-order valence-electron chi connectivity index (χ1n) is 10.5. The van der Waals surface area contributed by atoms with Gasteiger partial charge in [-0.25, -0.2) is 4.98 Å². The van der Waals surface area contributed by atoms with Crippen LogP contribution in [0.3, 0.4) is 0 Å². The minimum atomic E-state index is -0.864. The number of aromatic nitrogens is 2. The summed E-state index contributed by atoms with van der Waals surface area (Å²) in [6.45, 7) is 0. The topological polar surface area (TPSA) is 92.6 Å². The number of amides is 1. The number of aliphatic hydroxyl groups excluding tert-OH is 1. The van der Waals surface area contributed by atoms with Gasteiger partial charge in [-0.2, -0.15) is 0 Å². The lowest BCUT2D eigenvalue weighted by atomic mass is 9.97. The number of carbonyl (C=O) groups is 2. The molecule has 0 fully saturated rings. The average Bonchev–Trinajstić information content (AvgIpc) is 3.41. The predicted molar refractivity (Wildman–Crippen MR) is 131 cm³/mol. The highest BCUT2D eigenvalue weighted by atomic mass is 32.1. The van der Waals surface area contributed by atoms with Crippen LogP contribution >= 0.6 is 11.3 Å². The standard InChI is InChI=1S/C26H19N3O4S/c1-33-18-10-11-19-21(14-18)34-26(28-19)29-23(17-8-5-13-27-15-17)22(24(31)25(29)32)20(30)12-9-16-6-3-2-4-7-16/h2-15,23,31H,1H3/b12-9+. The molecule has 2 aromatic carbocycles. The van der Waals surface area contributed by atoms with Gasteiger partial charge in [-0.1, -0.05) is 53.8 Å². The lowest BCUT2D eigenvalue weighted by Crippen LogP contribution is -2.30. The van der Waals surface area contributed by atoms with Crippen molar-refractivity contribution >= 4 is 44.5 Å². The quantitative estimate of drug-likeness (QED) is 0.405. The molecule has 0 saturated carbocycles. The molecule has 5 rings (SSSR count). The van der Waals surface area contributed by atoms with Gasteiger partial charge >= 0.3 is 0 Å². The Morgan fingerprint density at radius 1 is 1.15 bits per heavy atom. The number of hydrogen-bond acceptors (Lipinski definition) is 7. The van der Waals surface area contributed by atoms with Crippen LogP contribution in [-0.4, -0.2) is 33.9 Å². The van der Waals surface area contributed by atoms with Crippen molar-refractivity contribution in [2.45, 2.75) is 6.04 Å². The zero-order valence-corrected chi connectivity index (χ0v) is 18.9. The van der Waals surface area contributed by atoms with Gasteiger partial charge in [0.2, 0.25) is 0 Å². The number of ether oxygens (including phenoxy) is 1. The molecular formula is C26H19N3O4S. The second-order valence-electron chi connectivity index (χ2n) is 7.56. The largest absolute Gasteiger partial charge is 0.503 e. The molecule has 0 aliphatic carbocycles. The van der Waals surface area contributed by atoms with Crippen molar-refractivity contribution in [3.05, 3.63) is 102 Å². The summed E-state index contributed by atoms with van der Waals surface area (Å²) >= 11 is 1.28. The number of ketones is 1. The van der Waals surface area contributed by atoms with Crippen LogP contribution in [0, 0.1) is 0 Å². The fourth-order valence-electron chi connectivity index (χ4n) is 3.86. The van der Waals surface area contributed by atoms with Crippen LogP contribution in [-0.2, 0) is 9.59 Å². The van der Waals surface area contributed by atoms with Gasteiger partial charge in [0.05, 0.1) is 28.9 Å². The molecule has 2 aromatic heterocycles. The highest BCUT2D eigenvalue weighted by Crippen LogP contribution is 2.43. The van der Waals surface area contributed by atoms with E-state index in [1.807, 2.05) is 36.4 Å². The lowest BCUT2D eigenvalue weighted by molar-refractivity contribution is -0.117. The summed E-state index contributed by atoms with van der Waals surface area (Å²) in [5.41, 5.74) is 2.09. The summed E-state index contributed by atoms with van der Waals surface area (Å²) in [4.78, 5) is 36.6. The first kappa shape index (κ1) is 21.5. The molecule has 1 unspecified atom stereocenters. The van der Waals surface area contributed by atoms with Crippen molar-refractivity contribution < 1.29 is 19.4 Å². The molecule has 0 bridgehead atoms. The molecule has 0 spiro atoms. The third-order valence-corrected chi connectivity index (χ3v) is 6.51. The van der Waals surface area contributed by atoms with Crippen LogP contribution in [0.1, 0.15) is 17.2 Å². The van der Waals surface area contributed by atoms with Crippen LogP contribution in [0.25, 0.3) is 16.3 Å². The Hall–Kier alpha value is -4.30. The van der Waals surface area contributed by atoms with E-state index < -0.39 is 23.5 Å². The van der Waals surface area contributed by atoms with Crippen molar-refractivity contribution in [1.29, 1.82) is 0 Å². The van der Waals surface area contributed by atoms with Gasteiger partial charge in [0, 0.05) is 12.4 Å². The van der Waals surface area contributed by atoms with Crippen LogP contribution < -0.4 is 9.64 Å². The summed E-state index contributed by atoms with van der Waals surface area (Å²) in [6.07, 6.45) is 6.20. The molecule has 34 heavy (non-hydrogen) atoms. The Kier molecular flexibility index (Phi) is 5.65. The maximum atomic E-state index is 13.3. The summed E-state index contributed by atoms with van der Waals surface area (Å²) in [7, 11) is 1.58. The van der Waals surface area contributed by atoms with Gasteiger partial charge < -0.3 is 9.84 Å². The fourth-order valence-corrected chi connectivity index (χ4v) is 4.88. The van der Waals surface area contributed by atoms with Crippen molar-refractivity contribution in [2.24, 2.45) is 0 Å². The summed E-state index contributed by atoms with van der Waals surface area (Å²) in [5.74, 6) is -1.07. The Balaban J connectivity index is 1.59. The minimum absolute atomic E-state index is 0.0120. The van der Waals surface area contributed by atoms with Gasteiger partial charge in [0.1, 0.15) is 5.75 Å². The van der Waals surface area contributed by atoms with Gasteiger partial charge in [0.25, 0.3) is 5.91 Å². The number of methoxy groups -OCH3 is 1. The maximum absolute atomic E-state index is 13.3. The van der Waals surface area contributed by atoms with E-state index in [1.54, 1.807) is 49.8 Å². The van der Waals surface area contributed by atoms with E-state index in [4.69, 9.17) is 4.74 Å². The number of nitrogens with zero attached hydrogens (tertiary/aromatic N) is 3. The van der Waals surface area contributed by atoms with Crippen LogP contribution in [0.5, 0.6) is 5.75 Å². The average molecular weight is 470 g/mol. The summed E-state index contributed by atoms with van der Waals surface area (Å²) in [5, 5.41) is 11.2. The first-order valence-corrected chi connectivity index (χ1v) is 11.3. The van der Waals surface area contributed by atoms with Crippen molar-refractivity contribution in [2.75, 3.05) is 12.0 Å². The number of rotatable bonds is 6. The maximum Gasteiger partial charge on any atom is 0.296 e. The SMILES string of the molecule is COc1ccc2nc(N3C(=O)C(O)=C(C(=O)/C=C/c4ccccc4)C3c3cccnc3)sc2c1. The minimum Gasteiger partial charge on any atom is -0.503 e. The van der Waals surface area contributed by atoms with E-state index in [2.05, 4.69) is 9.97 Å². The highest BCUT2D eigenvalue weighted by molar-refractivity contribution is 7.22. The molecule has 7 nitrogen and oxygen atoms in total. The third kappa shape index (κ3) is 3.84. The number of benzene rings is 2. The molecule has 168 valence electrons. The molecule has 1 atom stereocenters. The Labute approximate surface area is 199 Å². The fraction of sp³-hybridized carbons (Fsp3) is 0.0769. The molecule has 0 saturated heterocycles. The van der Waals surface area contributed by atoms with E-state index >= 15 is 0 Å². The molecule has 0 radical (unpaired) electrons. The number of anilines is 1. The zero-order valence-electron chi connectivity index (χ0n) is 18.1. The van der Waals surface area contributed by atoms with Crippen molar-refractivity contribution in [3.63, 3.8) is 0 Å². The van der Waals surface area contributed by atoms with Crippen LogP contribution in [0.15, 0.2) is 90.5 Å². The Morgan fingerprint density at radius 3 is 2.71 bits per heavy atom. The molecule has 4 aromatic rings. The second-order valence-corrected chi connectivity index (χ2v) is 8.57. The van der Waals surface area contributed by atoms with E-state index in [0.717, 1.165) is 10.3 Å². The van der Waals surface area contributed by atoms with E-state index in [0.29, 0.717) is 22.0 Å². The normalized spacial score (nSPS) is 16.1. The number of hydrogen-bond donors (Lipinski definition) is 1. The third-order valence-electron chi connectivity index (χ3n) is 5.49. The molecule has 1 aliphatic rings. The number of carbonyl (C=O) groups excluding carboxylic acids is 2. The monoisotopic (exact) mass is 469 g/mol. The van der Waals surface area contributed by atoms with Gasteiger partial charge in [-0.15, -0.1) is 0 Å². The summed E-state index contributed by atoms with van der Waals surface area (Å²) in [6, 6.07) is 17.4. The van der Waals surface area contributed by atoms with Gasteiger partial charge in [0.15, 0.2) is 16.7 Å². The van der Waals surface area contributed by atoms with Gasteiger partial charge in [-0.05, 0) is 41.5 Å². The molecule has 1 amide bonds. The Morgan fingerprint density at radius 2 is 1.97 bits per heavy atom. The van der Waals surface area contributed by atoms with Crippen LogP contribution in [0.4, 0.5) is 5.13 Å². The van der Waals surface area contributed by atoms with Crippen molar-refractivity contribution in [1.82, 2.24) is 9.97 Å². The van der Waals surface area contributed by atoms with E-state index in [1.165, 1.54) is 22.3 Å². The van der Waals surface area contributed by atoms with Crippen molar-refractivity contribution in [3.8, 4) is 5.75 Å². The molecule has 8 heteroatoms. The lowest BCUT2D eigenvalue weighted by Gasteiger charge is -2.23. The molecule has 3 heterocycles. The highest BCUT2D eigenvalue weighted by Gasteiger charge is 2.45. The van der Waals surface area contributed by atoms with E-state index in [9.17, 15) is 14.7 Å². The Bertz CT molecular complexity index is 1440. The number of fused-ring (bicyclic) bond motifs is 1. The summed E-state index contributed by atoms with van der Waals surface area (Å²) < 4.78 is 6.10. The number of thiazole rings is 1. The smallest absolute Gasteiger partial charge is 0.296 e. The number of aliphatic hydroxyl groups is 1. The molecule has 1 aliphatic heterocycles. The number of allylic oxidation sites excluding steroid dienone is 1. The molecule has 1 N–H and O–H groups in total. The molecular weight excluding hydrogens is 450 g/mol. The first-order chi connectivity index (χ1) is 16.6. The second kappa shape index (κ2) is 8.92. The van der Waals surface area contributed by atoms with E-state index in [-0.39, 0.29) is 5.57 Å².